The lowest BCUT2D eigenvalue weighted by Crippen LogP contribution is -2.25. The van der Waals surface area contributed by atoms with Crippen molar-refractivity contribution in [2.24, 2.45) is 5.73 Å². The van der Waals surface area contributed by atoms with E-state index in [9.17, 15) is 0 Å². The molecule has 2 atom stereocenters. The molecule has 1 nitrogen and oxygen atoms in total. The molecule has 0 amide bonds. The summed E-state index contributed by atoms with van der Waals surface area (Å²) in [5.41, 5.74) is 7.38. The van der Waals surface area contributed by atoms with Gasteiger partial charge in [0, 0.05) is 15.8 Å². The summed E-state index contributed by atoms with van der Waals surface area (Å²) in [6.07, 6.45) is 3.13. The van der Waals surface area contributed by atoms with E-state index in [1.165, 1.54) is 5.56 Å². The van der Waals surface area contributed by atoms with Crippen molar-refractivity contribution in [1.82, 2.24) is 0 Å². The second kappa shape index (κ2) is 5.79. The van der Waals surface area contributed by atoms with Crippen molar-refractivity contribution in [2.75, 3.05) is 6.26 Å². The summed E-state index contributed by atoms with van der Waals surface area (Å²) in [7, 11) is 0. The van der Waals surface area contributed by atoms with E-state index in [0.717, 1.165) is 10.9 Å². The maximum atomic E-state index is 6.07. The summed E-state index contributed by atoms with van der Waals surface area (Å²) in [6.45, 7) is 2.13. The van der Waals surface area contributed by atoms with Crippen LogP contribution in [0.25, 0.3) is 0 Å². The summed E-state index contributed by atoms with van der Waals surface area (Å²) in [4.78, 5) is 0. The molecule has 78 valence electrons. The van der Waals surface area contributed by atoms with Crippen LogP contribution in [0, 0.1) is 0 Å². The van der Waals surface area contributed by atoms with Crippen LogP contribution in [0.2, 0.25) is 0 Å². The first-order valence-corrected chi connectivity index (χ1v) is 6.81. The first kappa shape index (κ1) is 12.1. The van der Waals surface area contributed by atoms with Crippen LogP contribution in [0.3, 0.4) is 0 Å². The van der Waals surface area contributed by atoms with Crippen LogP contribution < -0.4 is 5.73 Å². The lowest BCUT2D eigenvalue weighted by Gasteiger charge is -2.21. The molecule has 14 heavy (non-hydrogen) atoms. The van der Waals surface area contributed by atoms with Gasteiger partial charge < -0.3 is 5.73 Å². The standard InChI is InChI=1S/C11H16BrNS/c1-3-10(13)11(14-2)8-4-6-9(12)7-5-8/h4-7,10-11H,3,13H2,1-2H3. The van der Waals surface area contributed by atoms with Gasteiger partial charge in [0.05, 0.1) is 0 Å². The molecule has 0 saturated heterocycles. The Labute approximate surface area is 98.6 Å². The fourth-order valence-electron chi connectivity index (χ4n) is 1.42. The molecule has 0 saturated carbocycles. The Hall–Kier alpha value is 0.01000. The van der Waals surface area contributed by atoms with E-state index in [-0.39, 0.29) is 6.04 Å². The summed E-state index contributed by atoms with van der Waals surface area (Å²) < 4.78 is 1.12. The van der Waals surface area contributed by atoms with Crippen molar-refractivity contribution in [3.05, 3.63) is 34.3 Å². The van der Waals surface area contributed by atoms with Gasteiger partial charge in [-0.2, -0.15) is 11.8 Å². The largest absolute Gasteiger partial charge is 0.326 e. The Morgan fingerprint density at radius 1 is 1.36 bits per heavy atom. The van der Waals surface area contributed by atoms with Crippen molar-refractivity contribution in [3.8, 4) is 0 Å². The summed E-state index contributed by atoms with van der Waals surface area (Å²) in [6, 6.07) is 8.66. The summed E-state index contributed by atoms with van der Waals surface area (Å²) in [5.74, 6) is 0. The normalized spacial score (nSPS) is 15.1. The molecular weight excluding hydrogens is 258 g/mol. The molecule has 3 heteroatoms. The minimum Gasteiger partial charge on any atom is -0.326 e. The van der Waals surface area contributed by atoms with E-state index in [1.807, 2.05) is 11.8 Å². The lowest BCUT2D eigenvalue weighted by atomic mass is 10.0. The van der Waals surface area contributed by atoms with E-state index >= 15 is 0 Å². The van der Waals surface area contributed by atoms with Gasteiger partial charge in [0.1, 0.15) is 0 Å². The van der Waals surface area contributed by atoms with E-state index < -0.39 is 0 Å². The van der Waals surface area contributed by atoms with E-state index in [0.29, 0.717) is 5.25 Å². The predicted molar refractivity (Wildman–Crippen MR) is 68.7 cm³/mol. The Bertz CT molecular complexity index is 273. The minimum atomic E-state index is 0.242. The van der Waals surface area contributed by atoms with Crippen molar-refractivity contribution in [1.29, 1.82) is 0 Å². The molecule has 0 bridgehead atoms. The lowest BCUT2D eigenvalue weighted by molar-refractivity contribution is 0.635. The van der Waals surface area contributed by atoms with Crippen LogP contribution >= 0.6 is 27.7 Å². The molecule has 1 rings (SSSR count). The smallest absolute Gasteiger partial charge is 0.0445 e. The molecule has 1 aromatic rings. The topological polar surface area (TPSA) is 26.0 Å². The molecule has 0 aliphatic heterocycles. The molecule has 1 aromatic carbocycles. The fraction of sp³-hybridized carbons (Fsp3) is 0.455. The van der Waals surface area contributed by atoms with E-state index in [4.69, 9.17) is 5.73 Å². The van der Waals surface area contributed by atoms with Crippen molar-refractivity contribution < 1.29 is 0 Å². The number of nitrogens with two attached hydrogens (primary N) is 1. The molecule has 2 N–H and O–H groups in total. The fourth-order valence-corrected chi connectivity index (χ4v) is 2.66. The molecule has 0 aliphatic carbocycles. The molecule has 0 spiro atoms. The van der Waals surface area contributed by atoms with Gasteiger partial charge in [-0.05, 0) is 30.4 Å². The van der Waals surface area contributed by atoms with Crippen LogP contribution in [0.1, 0.15) is 24.2 Å². The predicted octanol–water partition coefficient (Wildman–Crippen LogP) is 3.59. The second-order valence-electron chi connectivity index (χ2n) is 3.28. The first-order chi connectivity index (χ1) is 6.69. The van der Waals surface area contributed by atoms with Gasteiger partial charge in [-0.15, -0.1) is 0 Å². The molecule has 0 fully saturated rings. The van der Waals surface area contributed by atoms with Gasteiger partial charge in [0.25, 0.3) is 0 Å². The van der Waals surface area contributed by atoms with Crippen LogP contribution in [-0.4, -0.2) is 12.3 Å². The molecule has 2 unspecified atom stereocenters. The van der Waals surface area contributed by atoms with Gasteiger partial charge in [-0.3, -0.25) is 0 Å². The molecule has 0 radical (unpaired) electrons. The first-order valence-electron chi connectivity index (χ1n) is 4.72. The highest BCUT2D eigenvalue weighted by Crippen LogP contribution is 2.31. The van der Waals surface area contributed by atoms with Crippen molar-refractivity contribution in [2.45, 2.75) is 24.6 Å². The average Bonchev–Trinajstić information content (AvgIpc) is 2.21. The quantitative estimate of drug-likeness (QED) is 0.908. The maximum absolute atomic E-state index is 6.07. The molecule has 0 aromatic heterocycles. The SMILES string of the molecule is CCC(N)C(SC)c1ccc(Br)cc1. The molecule has 0 heterocycles. The average molecular weight is 274 g/mol. The van der Waals surface area contributed by atoms with Crippen LogP contribution in [0.4, 0.5) is 0 Å². The summed E-state index contributed by atoms with van der Waals surface area (Å²) in [5, 5.41) is 0.410. The number of thioether (sulfide) groups is 1. The zero-order valence-electron chi connectivity index (χ0n) is 8.53. The van der Waals surface area contributed by atoms with Crippen LogP contribution in [0.5, 0.6) is 0 Å². The van der Waals surface area contributed by atoms with Gasteiger partial charge >= 0.3 is 0 Å². The Kier molecular flexibility index (Phi) is 4.99. The van der Waals surface area contributed by atoms with Crippen LogP contribution in [0.15, 0.2) is 28.7 Å². The van der Waals surface area contributed by atoms with Crippen molar-refractivity contribution >= 4 is 27.7 Å². The Morgan fingerprint density at radius 2 is 1.93 bits per heavy atom. The van der Waals surface area contributed by atoms with Gasteiger partial charge in [0.2, 0.25) is 0 Å². The number of rotatable bonds is 4. The molecule has 0 aliphatic rings. The monoisotopic (exact) mass is 273 g/mol. The van der Waals surface area contributed by atoms with Crippen LogP contribution in [-0.2, 0) is 0 Å². The Morgan fingerprint density at radius 3 is 2.36 bits per heavy atom. The highest BCUT2D eigenvalue weighted by molar-refractivity contribution is 9.10. The third-order valence-electron chi connectivity index (χ3n) is 2.31. The highest BCUT2D eigenvalue weighted by Gasteiger charge is 2.16. The van der Waals surface area contributed by atoms with Gasteiger partial charge in [0.15, 0.2) is 0 Å². The number of hydrogen-bond donors (Lipinski definition) is 1. The third-order valence-corrected chi connectivity index (χ3v) is 3.97. The highest BCUT2D eigenvalue weighted by atomic mass is 79.9. The van der Waals surface area contributed by atoms with E-state index in [1.54, 1.807) is 0 Å². The number of hydrogen-bond acceptors (Lipinski definition) is 2. The number of benzene rings is 1. The zero-order chi connectivity index (χ0) is 10.6. The van der Waals surface area contributed by atoms with Gasteiger partial charge in [-0.1, -0.05) is 35.0 Å². The minimum absolute atomic E-state index is 0.242. The molecular formula is C11H16BrNS. The second-order valence-corrected chi connectivity index (χ2v) is 5.17. The number of halogens is 1. The third kappa shape index (κ3) is 3.01. The zero-order valence-corrected chi connectivity index (χ0v) is 10.9. The van der Waals surface area contributed by atoms with Gasteiger partial charge in [-0.25, -0.2) is 0 Å². The van der Waals surface area contributed by atoms with Crippen molar-refractivity contribution in [3.63, 3.8) is 0 Å². The van der Waals surface area contributed by atoms with E-state index in [2.05, 4.69) is 53.4 Å². The maximum Gasteiger partial charge on any atom is 0.0445 e. The Balaban J connectivity index is 2.84. The summed E-state index contributed by atoms with van der Waals surface area (Å²) >= 11 is 5.25.